The molecule has 0 bridgehead atoms. The standard InChI is InChI=1S/C28H53N3O6/c1-3-5-12-17-23(32)26(36-24(33)18-13-8-6-10-15-20-29)27(28(35)31-22-4-2)37-25(34)19-14-9-7-11-16-21-30/h26-27H,3-22,29-30H2,1-2H3,(H,31,35)/t26-,27+/m0/s1. The molecule has 37 heavy (non-hydrogen) atoms. The maximum absolute atomic E-state index is 13.1. The molecule has 2 atom stereocenters. The molecule has 0 aromatic rings. The summed E-state index contributed by atoms with van der Waals surface area (Å²) in [6.45, 7) is 5.58. The van der Waals surface area contributed by atoms with E-state index in [1.54, 1.807) is 0 Å². The van der Waals surface area contributed by atoms with Crippen molar-refractivity contribution in [3.63, 3.8) is 0 Å². The van der Waals surface area contributed by atoms with Crippen molar-refractivity contribution in [1.29, 1.82) is 0 Å². The second-order valence-electron chi connectivity index (χ2n) is 9.65. The fourth-order valence-corrected chi connectivity index (χ4v) is 3.88. The molecule has 216 valence electrons. The summed E-state index contributed by atoms with van der Waals surface area (Å²) in [5.74, 6) is -2.13. The minimum atomic E-state index is -1.49. The molecule has 0 aromatic heterocycles. The zero-order valence-corrected chi connectivity index (χ0v) is 23.4. The summed E-state index contributed by atoms with van der Waals surface area (Å²) in [6, 6.07) is 0. The van der Waals surface area contributed by atoms with Gasteiger partial charge in [-0.25, -0.2) is 0 Å². The van der Waals surface area contributed by atoms with Crippen molar-refractivity contribution in [3.8, 4) is 0 Å². The molecule has 0 aliphatic heterocycles. The third-order valence-electron chi connectivity index (χ3n) is 6.11. The summed E-state index contributed by atoms with van der Waals surface area (Å²) in [4.78, 5) is 51.3. The van der Waals surface area contributed by atoms with Gasteiger partial charge in [-0.2, -0.15) is 0 Å². The van der Waals surface area contributed by atoms with Gasteiger partial charge in [0.2, 0.25) is 12.2 Å². The van der Waals surface area contributed by atoms with Crippen LogP contribution in [-0.2, 0) is 28.7 Å². The predicted molar refractivity (Wildman–Crippen MR) is 146 cm³/mol. The largest absolute Gasteiger partial charge is 0.450 e. The average Bonchev–Trinajstić information content (AvgIpc) is 2.88. The molecule has 0 saturated carbocycles. The molecule has 0 radical (unpaired) electrons. The Morgan fingerprint density at radius 2 is 1.05 bits per heavy atom. The molecule has 0 saturated heterocycles. The Morgan fingerprint density at radius 1 is 0.595 bits per heavy atom. The summed E-state index contributed by atoms with van der Waals surface area (Å²) in [7, 11) is 0. The van der Waals surface area contributed by atoms with Crippen molar-refractivity contribution in [2.75, 3.05) is 19.6 Å². The van der Waals surface area contributed by atoms with Gasteiger partial charge in [-0.15, -0.1) is 0 Å². The second kappa shape index (κ2) is 24.3. The van der Waals surface area contributed by atoms with Crippen LogP contribution in [0.25, 0.3) is 0 Å². The number of hydrogen-bond acceptors (Lipinski definition) is 8. The van der Waals surface area contributed by atoms with E-state index in [-0.39, 0.29) is 19.3 Å². The molecule has 0 aliphatic carbocycles. The molecule has 0 rings (SSSR count). The number of carbonyl (C=O) groups excluding carboxylic acids is 4. The molecule has 9 nitrogen and oxygen atoms in total. The van der Waals surface area contributed by atoms with Gasteiger partial charge in [-0.05, 0) is 51.6 Å². The lowest BCUT2D eigenvalue weighted by Gasteiger charge is -2.25. The minimum absolute atomic E-state index is 0.133. The average molecular weight is 528 g/mol. The lowest BCUT2D eigenvalue weighted by Crippen LogP contribution is -2.50. The van der Waals surface area contributed by atoms with Crippen LogP contribution < -0.4 is 16.8 Å². The summed E-state index contributed by atoms with van der Waals surface area (Å²) in [5, 5.41) is 2.69. The van der Waals surface area contributed by atoms with Crippen molar-refractivity contribution in [1.82, 2.24) is 5.32 Å². The highest BCUT2D eigenvalue weighted by molar-refractivity contribution is 5.94. The first-order chi connectivity index (χ1) is 17.9. The first-order valence-electron chi connectivity index (χ1n) is 14.5. The van der Waals surface area contributed by atoms with Crippen molar-refractivity contribution < 1.29 is 28.7 Å². The van der Waals surface area contributed by atoms with Gasteiger partial charge in [-0.1, -0.05) is 65.2 Å². The van der Waals surface area contributed by atoms with Crippen LogP contribution in [0.5, 0.6) is 0 Å². The molecule has 0 fully saturated rings. The van der Waals surface area contributed by atoms with Gasteiger partial charge in [0, 0.05) is 25.8 Å². The van der Waals surface area contributed by atoms with Gasteiger partial charge >= 0.3 is 11.9 Å². The second-order valence-corrected chi connectivity index (χ2v) is 9.65. The molecule has 5 N–H and O–H groups in total. The van der Waals surface area contributed by atoms with E-state index < -0.39 is 35.8 Å². The van der Waals surface area contributed by atoms with Crippen molar-refractivity contribution in [2.24, 2.45) is 11.5 Å². The third-order valence-corrected chi connectivity index (χ3v) is 6.11. The van der Waals surface area contributed by atoms with Crippen LogP contribution in [0.1, 0.15) is 123 Å². The fraction of sp³-hybridized carbons (Fsp3) is 0.857. The normalized spacial score (nSPS) is 12.5. The third kappa shape index (κ3) is 18.8. The summed E-state index contributed by atoms with van der Waals surface area (Å²) in [6.07, 6.45) is 9.34. The first-order valence-corrected chi connectivity index (χ1v) is 14.5. The van der Waals surface area contributed by atoms with Crippen molar-refractivity contribution in [2.45, 2.75) is 135 Å². The van der Waals surface area contributed by atoms with E-state index in [1.807, 2.05) is 13.8 Å². The molecule has 1 amide bonds. The number of rotatable bonds is 25. The van der Waals surface area contributed by atoms with E-state index in [0.29, 0.717) is 45.3 Å². The number of carbonyl (C=O) groups is 4. The maximum Gasteiger partial charge on any atom is 0.306 e. The maximum atomic E-state index is 13.1. The van der Waals surface area contributed by atoms with Crippen LogP contribution in [0.2, 0.25) is 0 Å². The zero-order chi connectivity index (χ0) is 27.7. The van der Waals surface area contributed by atoms with E-state index in [4.69, 9.17) is 20.9 Å². The van der Waals surface area contributed by atoms with Gasteiger partial charge in [0.25, 0.3) is 5.91 Å². The Morgan fingerprint density at radius 3 is 1.54 bits per heavy atom. The summed E-state index contributed by atoms with van der Waals surface area (Å²) < 4.78 is 11.1. The number of amides is 1. The molecule has 0 aliphatic rings. The van der Waals surface area contributed by atoms with Crippen LogP contribution in [-0.4, -0.2) is 55.5 Å². The summed E-state index contributed by atoms with van der Waals surface area (Å²) in [5.41, 5.74) is 11.0. The number of nitrogens with one attached hydrogen (secondary N) is 1. The van der Waals surface area contributed by atoms with Crippen molar-refractivity contribution >= 4 is 23.6 Å². The highest BCUT2D eigenvalue weighted by Crippen LogP contribution is 2.16. The highest BCUT2D eigenvalue weighted by atomic mass is 16.6. The number of Topliss-reactive ketones (excluding diaryl/α,β-unsaturated/α-hetero) is 1. The number of ketones is 1. The smallest absolute Gasteiger partial charge is 0.306 e. The quantitative estimate of drug-likeness (QED) is 0.119. The van der Waals surface area contributed by atoms with Crippen LogP contribution in [0.3, 0.4) is 0 Å². The lowest BCUT2D eigenvalue weighted by atomic mass is 10.0. The number of hydrogen-bond donors (Lipinski definition) is 3. The van der Waals surface area contributed by atoms with Crippen LogP contribution in [0.4, 0.5) is 0 Å². The Hall–Kier alpha value is -2.00. The SMILES string of the molecule is CCCCCC(=O)[C@H](OC(=O)CCCCCCCN)[C@@H](OC(=O)CCCCCCCN)C(=O)NCCC. The van der Waals surface area contributed by atoms with Crippen molar-refractivity contribution in [3.05, 3.63) is 0 Å². The highest BCUT2D eigenvalue weighted by Gasteiger charge is 2.39. The molecular formula is C28H53N3O6. The topological polar surface area (TPSA) is 151 Å². The Labute approximate surface area is 224 Å². The van der Waals surface area contributed by atoms with Crippen LogP contribution in [0, 0.1) is 0 Å². The van der Waals surface area contributed by atoms with Gasteiger partial charge in [0.15, 0.2) is 5.78 Å². The molecule has 0 spiro atoms. The monoisotopic (exact) mass is 527 g/mol. The zero-order valence-electron chi connectivity index (χ0n) is 23.4. The molecule has 0 unspecified atom stereocenters. The Bertz CT molecular complexity index is 629. The van der Waals surface area contributed by atoms with Gasteiger partial charge in [-0.3, -0.25) is 19.2 Å². The predicted octanol–water partition coefficient (Wildman–Crippen LogP) is 4.08. The van der Waals surface area contributed by atoms with Crippen LogP contribution >= 0.6 is 0 Å². The van der Waals surface area contributed by atoms with Gasteiger partial charge in [0.05, 0.1) is 0 Å². The molecule has 0 aromatic carbocycles. The number of esters is 2. The molecular weight excluding hydrogens is 474 g/mol. The fourth-order valence-electron chi connectivity index (χ4n) is 3.88. The van der Waals surface area contributed by atoms with E-state index in [1.165, 1.54) is 0 Å². The van der Waals surface area contributed by atoms with Gasteiger partial charge in [0.1, 0.15) is 0 Å². The lowest BCUT2D eigenvalue weighted by molar-refractivity contribution is -0.176. The first kappa shape index (κ1) is 35.0. The Balaban J connectivity index is 5.28. The number of unbranched alkanes of at least 4 members (excludes halogenated alkanes) is 10. The molecule has 9 heteroatoms. The Kier molecular flexibility index (Phi) is 23.0. The van der Waals surface area contributed by atoms with Gasteiger partial charge < -0.3 is 26.3 Å². The minimum Gasteiger partial charge on any atom is -0.450 e. The van der Waals surface area contributed by atoms with Crippen LogP contribution in [0.15, 0.2) is 0 Å². The summed E-state index contributed by atoms with van der Waals surface area (Å²) >= 11 is 0. The number of nitrogens with two attached hydrogens (primary N) is 2. The molecule has 0 heterocycles. The number of ether oxygens (including phenoxy) is 2. The van der Waals surface area contributed by atoms with E-state index in [0.717, 1.165) is 64.2 Å². The van der Waals surface area contributed by atoms with E-state index in [2.05, 4.69) is 5.32 Å². The van der Waals surface area contributed by atoms with E-state index in [9.17, 15) is 19.2 Å². The van der Waals surface area contributed by atoms with E-state index >= 15 is 0 Å².